The normalized spacial score (nSPS) is 16.5. The van der Waals surface area contributed by atoms with Gasteiger partial charge < -0.3 is 9.64 Å². The molecule has 1 amide bonds. The summed E-state index contributed by atoms with van der Waals surface area (Å²) >= 11 is 0. The Kier molecular flexibility index (Phi) is 4.32. The largest absolute Gasteiger partial charge is 0.444 e. The third-order valence-corrected chi connectivity index (χ3v) is 2.54. The Hall–Kier alpha value is -1.32. The van der Waals surface area contributed by atoms with E-state index in [1.54, 1.807) is 4.90 Å². The van der Waals surface area contributed by atoms with E-state index in [1.165, 1.54) is 0 Å². The highest BCUT2D eigenvalue weighted by molar-refractivity contribution is 5.95. The fourth-order valence-corrected chi connectivity index (χ4v) is 1.64. The maximum absolute atomic E-state index is 11.7. The van der Waals surface area contributed by atoms with Crippen molar-refractivity contribution in [3.05, 3.63) is 11.6 Å². The zero-order valence-electron chi connectivity index (χ0n) is 11.1. The summed E-state index contributed by atoms with van der Waals surface area (Å²) in [6.07, 6.45) is 2.68. The molecular formula is C13H21NO3. The molecule has 0 aliphatic carbocycles. The van der Waals surface area contributed by atoms with Gasteiger partial charge in [0.05, 0.1) is 0 Å². The summed E-state index contributed by atoms with van der Waals surface area (Å²) in [6, 6.07) is 0. The van der Waals surface area contributed by atoms with Crippen molar-refractivity contribution in [1.82, 2.24) is 4.90 Å². The van der Waals surface area contributed by atoms with Crippen LogP contribution >= 0.6 is 0 Å². The predicted octanol–water partition coefficient (Wildman–Crippen LogP) is 2.53. The highest BCUT2D eigenvalue weighted by Crippen LogP contribution is 2.16. The molecule has 0 aromatic carbocycles. The molecule has 0 aromatic heterocycles. The number of rotatable bonds is 2. The summed E-state index contributed by atoms with van der Waals surface area (Å²) < 4.78 is 5.27. The number of hydrogen-bond acceptors (Lipinski definition) is 3. The second kappa shape index (κ2) is 5.34. The van der Waals surface area contributed by atoms with Crippen LogP contribution in [0.5, 0.6) is 0 Å². The van der Waals surface area contributed by atoms with E-state index in [4.69, 9.17) is 4.74 Å². The van der Waals surface area contributed by atoms with Gasteiger partial charge in [-0.3, -0.25) is 4.79 Å². The standard InChI is InChI=1S/C13H21NO3/c1-5-11(15)10-6-8-14(9-7-10)12(16)17-13(2,3)4/h6H,5,7-9H2,1-4H3. The number of carbonyl (C=O) groups excluding carboxylic acids is 2. The molecule has 0 unspecified atom stereocenters. The Morgan fingerprint density at radius 1 is 1.41 bits per heavy atom. The maximum atomic E-state index is 11.7. The van der Waals surface area contributed by atoms with Crippen molar-refractivity contribution in [2.75, 3.05) is 13.1 Å². The second-order valence-electron chi connectivity index (χ2n) is 5.18. The van der Waals surface area contributed by atoms with Gasteiger partial charge in [0.15, 0.2) is 5.78 Å². The van der Waals surface area contributed by atoms with Gasteiger partial charge in [-0.15, -0.1) is 0 Å². The first-order valence-electron chi connectivity index (χ1n) is 6.03. The van der Waals surface area contributed by atoms with E-state index in [9.17, 15) is 9.59 Å². The Morgan fingerprint density at radius 2 is 2.06 bits per heavy atom. The molecule has 4 heteroatoms. The van der Waals surface area contributed by atoms with E-state index in [1.807, 2.05) is 33.8 Å². The molecule has 1 heterocycles. The van der Waals surface area contributed by atoms with Crippen LogP contribution in [0, 0.1) is 0 Å². The van der Waals surface area contributed by atoms with Crippen molar-refractivity contribution in [2.24, 2.45) is 0 Å². The zero-order chi connectivity index (χ0) is 13.1. The first-order valence-corrected chi connectivity index (χ1v) is 6.03. The van der Waals surface area contributed by atoms with Gasteiger partial charge in [-0.2, -0.15) is 0 Å². The number of hydrogen-bond donors (Lipinski definition) is 0. The summed E-state index contributed by atoms with van der Waals surface area (Å²) in [5, 5.41) is 0. The van der Waals surface area contributed by atoms with E-state index < -0.39 is 5.60 Å². The van der Waals surface area contributed by atoms with Gasteiger partial charge in [0, 0.05) is 19.5 Å². The second-order valence-corrected chi connectivity index (χ2v) is 5.18. The molecule has 17 heavy (non-hydrogen) atoms. The van der Waals surface area contributed by atoms with Gasteiger partial charge in [0.1, 0.15) is 5.60 Å². The molecule has 0 aromatic rings. The summed E-state index contributed by atoms with van der Waals surface area (Å²) in [5.74, 6) is 0.175. The molecule has 0 N–H and O–H groups in total. The van der Waals surface area contributed by atoms with Crippen molar-refractivity contribution in [3.8, 4) is 0 Å². The summed E-state index contributed by atoms with van der Waals surface area (Å²) in [5.41, 5.74) is 0.368. The van der Waals surface area contributed by atoms with Gasteiger partial charge in [-0.25, -0.2) is 4.79 Å². The number of ether oxygens (including phenoxy) is 1. The van der Waals surface area contributed by atoms with Crippen LogP contribution in [0.25, 0.3) is 0 Å². The lowest BCUT2D eigenvalue weighted by molar-refractivity contribution is -0.115. The van der Waals surface area contributed by atoms with Crippen molar-refractivity contribution in [3.63, 3.8) is 0 Å². The van der Waals surface area contributed by atoms with Crippen molar-refractivity contribution in [1.29, 1.82) is 0 Å². The first-order chi connectivity index (χ1) is 7.83. The van der Waals surface area contributed by atoms with Crippen LogP contribution in [-0.2, 0) is 9.53 Å². The topological polar surface area (TPSA) is 46.6 Å². The number of Topliss-reactive ketones (excluding diaryl/α,β-unsaturated/α-hetero) is 1. The summed E-state index contributed by atoms with van der Waals surface area (Å²) in [6.45, 7) is 8.41. The molecule has 96 valence electrons. The molecule has 0 spiro atoms. The molecule has 0 fully saturated rings. The third-order valence-electron chi connectivity index (χ3n) is 2.54. The molecule has 0 radical (unpaired) electrons. The summed E-state index contributed by atoms with van der Waals surface area (Å²) in [4.78, 5) is 24.8. The smallest absolute Gasteiger partial charge is 0.410 e. The molecule has 0 saturated carbocycles. The van der Waals surface area contributed by atoms with E-state index in [0.29, 0.717) is 25.9 Å². The van der Waals surface area contributed by atoms with Gasteiger partial charge in [-0.05, 0) is 32.8 Å². The van der Waals surface area contributed by atoms with E-state index in [0.717, 1.165) is 5.57 Å². The van der Waals surface area contributed by atoms with Crippen LogP contribution in [0.3, 0.4) is 0 Å². The van der Waals surface area contributed by atoms with Crippen molar-refractivity contribution in [2.45, 2.75) is 46.1 Å². The number of nitrogens with zero attached hydrogens (tertiary/aromatic N) is 1. The van der Waals surface area contributed by atoms with Crippen LogP contribution in [0.4, 0.5) is 4.79 Å². The lowest BCUT2D eigenvalue weighted by atomic mass is 10.0. The number of amides is 1. The third kappa shape index (κ3) is 4.21. The van der Waals surface area contributed by atoms with Gasteiger partial charge >= 0.3 is 6.09 Å². The minimum Gasteiger partial charge on any atom is -0.444 e. The van der Waals surface area contributed by atoms with Crippen LogP contribution in [0.15, 0.2) is 11.6 Å². The van der Waals surface area contributed by atoms with Crippen molar-refractivity contribution < 1.29 is 14.3 Å². The van der Waals surface area contributed by atoms with Gasteiger partial charge in [0.2, 0.25) is 0 Å². The first kappa shape index (κ1) is 13.7. The monoisotopic (exact) mass is 239 g/mol. The average Bonchev–Trinajstić information content (AvgIpc) is 2.26. The SMILES string of the molecule is CCC(=O)C1=CCN(C(=O)OC(C)(C)C)CC1. The van der Waals surface area contributed by atoms with Crippen LogP contribution in [0.2, 0.25) is 0 Å². The Labute approximate surface area is 103 Å². The zero-order valence-corrected chi connectivity index (χ0v) is 11.1. The molecule has 0 saturated heterocycles. The van der Waals surface area contributed by atoms with Crippen LogP contribution in [-0.4, -0.2) is 35.5 Å². The molecule has 1 aliphatic heterocycles. The molecule has 1 aliphatic rings. The van der Waals surface area contributed by atoms with E-state index >= 15 is 0 Å². The van der Waals surface area contributed by atoms with Gasteiger partial charge in [-0.1, -0.05) is 13.0 Å². The van der Waals surface area contributed by atoms with Gasteiger partial charge in [0.25, 0.3) is 0 Å². The molecular weight excluding hydrogens is 218 g/mol. The fourth-order valence-electron chi connectivity index (χ4n) is 1.64. The minimum atomic E-state index is -0.472. The Bertz CT molecular complexity index is 339. The molecule has 1 rings (SSSR count). The van der Waals surface area contributed by atoms with Crippen LogP contribution < -0.4 is 0 Å². The highest BCUT2D eigenvalue weighted by atomic mass is 16.6. The maximum Gasteiger partial charge on any atom is 0.410 e. The fraction of sp³-hybridized carbons (Fsp3) is 0.692. The van der Waals surface area contributed by atoms with E-state index in [-0.39, 0.29) is 11.9 Å². The average molecular weight is 239 g/mol. The quantitative estimate of drug-likeness (QED) is 0.744. The minimum absolute atomic E-state index is 0.175. The number of ketones is 1. The number of carbonyl (C=O) groups is 2. The van der Waals surface area contributed by atoms with E-state index in [2.05, 4.69) is 0 Å². The lowest BCUT2D eigenvalue weighted by Crippen LogP contribution is -2.39. The molecule has 4 nitrogen and oxygen atoms in total. The molecule has 0 atom stereocenters. The molecule has 0 bridgehead atoms. The van der Waals surface area contributed by atoms with Crippen LogP contribution in [0.1, 0.15) is 40.5 Å². The predicted molar refractivity (Wildman–Crippen MR) is 65.8 cm³/mol. The summed E-state index contributed by atoms with van der Waals surface area (Å²) in [7, 11) is 0. The highest BCUT2D eigenvalue weighted by Gasteiger charge is 2.24. The van der Waals surface area contributed by atoms with Crippen molar-refractivity contribution >= 4 is 11.9 Å². The Balaban J connectivity index is 2.54. The lowest BCUT2D eigenvalue weighted by Gasteiger charge is -2.29. The Morgan fingerprint density at radius 3 is 2.47 bits per heavy atom.